The zero-order valence-electron chi connectivity index (χ0n) is 33.9. The van der Waals surface area contributed by atoms with E-state index in [1.54, 1.807) is 0 Å². The molecule has 2 heteroatoms. The molecule has 1 aliphatic rings. The van der Waals surface area contributed by atoms with Gasteiger partial charge in [-0.15, -0.1) is 0 Å². The molecule has 0 aliphatic carbocycles. The number of nitrogens with zero attached hydrogens (tertiary/aromatic N) is 1. The molecule has 62 heavy (non-hydrogen) atoms. The van der Waals surface area contributed by atoms with Gasteiger partial charge in [0.25, 0.3) is 0 Å². The average Bonchev–Trinajstić information content (AvgIpc) is 3.35. The Morgan fingerprint density at radius 2 is 0.726 bits per heavy atom. The van der Waals surface area contributed by atoms with E-state index in [4.69, 9.17) is 0 Å². The van der Waals surface area contributed by atoms with Crippen molar-refractivity contribution in [3.8, 4) is 55.6 Å². The van der Waals surface area contributed by atoms with Crippen LogP contribution >= 0.6 is 0 Å². The van der Waals surface area contributed by atoms with Crippen LogP contribution < -0.4 is 5.32 Å². The number of hydrogen-bond acceptors (Lipinski definition) is 2. The summed E-state index contributed by atoms with van der Waals surface area (Å²) in [5.41, 5.74) is 14.8. The Hall–Kier alpha value is -8.07. The first kappa shape index (κ1) is 34.8. The molecule has 0 unspecified atom stereocenters. The summed E-state index contributed by atoms with van der Waals surface area (Å²) in [6.45, 7) is 0.853. The lowest BCUT2D eigenvalue weighted by Crippen LogP contribution is -2.08. The second-order valence-corrected chi connectivity index (χ2v) is 16.7. The van der Waals surface area contributed by atoms with Crippen LogP contribution in [0.25, 0.3) is 126 Å². The predicted molar refractivity (Wildman–Crippen MR) is 264 cm³/mol. The summed E-state index contributed by atoms with van der Waals surface area (Å²) in [6.07, 6.45) is 10.3. The molecule has 1 aliphatic heterocycles. The van der Waals surface area contributed by atoms with Crippen LogP contribution in [0, 0.1) is 0 Å². The maximum atomic E-state index is 4.26. The summed E-state index contributed by atoms with van der Waals surface area (Å²) in [4.78, 5) is 4.26. The van der Waals surface area contributed by atoms with E-state index in [1.807, 2.05) is 12.4 Å². The van der Waals surface area contributed by atoms with Gasteiger partial charge in [-0.3, -0.25) is 4.98 Å². The van der Waals surface area contributed by atoms with Crippen LogP contribution in [-0.4, -0.2) is 11.5 Å². The average molecular weight is 787 g/mol. The first-order valence-corrected chi connectivity index (χ1v) is 21.5. The highest BCUT2D eigenvalue weighted by atomic mass is 14.8. The Balaban J connectivity index is 0.822. The van der Waals surface area contributed by atoms with Crippen LogP contribution in [0.2, 0.25) is 0 Å². The number of hydrogen-bond donors (Lipinski definition) is 1. The maximum absolute atomic E-state index is 4.26. The summed E-state index contributed by atoms with van der Waals surface area (Å²) in [6, 6.07) is 67.9. The molecule has 11 aromatic carbocycles. The molecule has 2 nitrogen and oxygen atoms in total. The number of aromatic nitrogens is 1. The van der Waals surface area contributed by atoms with Gasteiger partial charge in [-0.1, -0.05) is 170 Å². The quantitative estimate of drug-likeness (QED) is 0.170. The highest BCUT2D eigenvalue weighted by molar-refractivity contribution is 6.28. The number of nitrogens with one attached hydrogen (secondary N) is 1. The minimum Gasteiger partial charge on any atom is -0.387 e. The zero-order chi connectivity index (χ0) is 40.7. The topological polar surface area (TPSA) is 24.9 Å². The van der Waals surface area contributed by atoms with Crippen LogP contribution in [0.5, 0.6) is 0 Å². The molecule has 12 aromatic rings. The minimum absolute atomic E-state index is 0.853. The van der Waals surface area contributed by atoms with Crippen molar-refractivity contribution in [1.29, 1.82) is 0 Å². The number of dihydropyridines is 1. The van der Waals surface area contributed by atoms with Gasteiger partial charge in [0.15, 0.2) is 0 Å². The third kappa shape index (κ3) is 5.40. The van der Waals surface area contributed by atoms with Crippen molar-refractivity contribution in [2.24, 2.45) is 0 Å². The van der Waals surface area contributed by atoms with Gasteiger partial charge in [0.1, 0.15) is 0 Å². The van der Waals surface area contributed by atoms with Gasteiger partial charge < -0.3 is 5.32 Å². The Labute approximate surface area is 359 Å². The van der Waals surface area contributed by atoms with E-state index in [0.717, 1.165) is 6.54 Å². The molecule has 1 N–H and O–H groups in total. The monoisotopic (exact) mass is 786 g/mol. The molecule has 0 bridgehead atoms. The van der Waals surface area contributed by atoms with Gasteiger partial charge in [0, 0.05) is 18.9 Å². The van der Waals surface area contributed by atoms with E-state index in [1.165, 1.54) is 131 Å². The Morgan fingerprint density at radius 1 is 0.339 bits per heavy atom. The molecule has 0 radical (unpaired) electrons. The molecule has 13 rings (SSSR count). The molecule has 0 fully saturated rings. The zero-order valence-corrected chi connectivity index (χ0v) is 33.9. The maximum Gasteiger partial charge on any atom is 0.0334 e. The predicted octanol–water partition coefficient (Wildman–Crippen LogP) is 15.7. The molecular weight excluding hydrogens is 749 g/mol. The number of rotatable bonds is 6. The number of benzene rings is 11. The normalized spacial score (nSPS) is 12.9. The Morgan fingerprint density at radius 3 is 1.16 bits per heavy atom. The van der Waals surface area contributed by atoms with E-state index < -0.39 is 0 Å². The fourth-order valence-corrected chi connectivity index (χ4v) is 10.4. The largest absolute Gasteiger partial charge is 0.387 e. The van der Waals surface area contributed by atoms with Crippen LogP contribution in [0.4, 0.5) is 0 Å². The third-order valence-electron chi connectivity index (χ3n) is 13.4. The highest BCUT2D eigenvalue weighted by Crippen LogP contribution is 2.44. The standard InChI is InChI=1S/C60H38N2/c1-2-47(37-4-8-39(9-5-37)49-20-12-43-18-26-55-51(41-28-32-61-33-29-41)22-14-45-16-24-53(49)57(43)59(45)55)36-48(3-1)38-6-10-40(11-7-38)50-21-13-44-19-27-56-52(42-30-34-62-35-31-42)23-15-46-17-25-54(50)58(44)60(46)56/h1-34,36,62H,35H2. The van der Waals surface area contributed by atoms with Crippen molar-refractivity contribution >= 4 is 70.2 Å². The van der Waals surface area contributed by atoms with E-state index in [0.29, 0.717) is 0 Å². The van der Waals surface area contributed by atoms with E-state index in [9.17, 15) is 0 Å². The van der Waals surface area contributed by atoms with Crippen LogP contribution in [0.15, 0.2) is 213 Å². The molecule has 0 saturated carbocycles. The second kappa shape index (κ2) is 13.7. The lowest BCUT2D eigenvalue weighted by Gasteiger charge is -2.18. The molecule has 0 amide bonds. The van der Waals surface area contributed by atoms with E-state index in [-0.39, 0.29) is 0 Å². The lowest BCUT2D eigenvalue weighted by molar-refractivity contribution is 0.976. The van der Waals surface area contributed by atoms with E-state index in [2.05, 4.69) is 211 Å². The number of allylic oxidation sites excluding steroid dienone is 2. The smallest absolute Gasteiger partial charge is 0.0334 e. The fourth-order valence-electron chi connectivity index (χ4n) is 10.4. The van der Waals surface area contributed by atoms with Crippen LogP contribution in [-0.2, 0) is 0 Å². The first-order chi connectivity index (χ1) is 30.7. The molecule has 288 valence electrons. The number of pyridine rings is 1. The lowest BCUT2D eigenvalue weighted by atomic mass is 9.86. The summed E-state index contributed by atoms with van der Waals surface area (Å²) in [5.74, 6) is 0. The van der Waals surface area contributed by atoms with E-state index >= 15 is 0 Å². The molecule has 0 saturated heterocycles. The Kier molecular flexibility index (Phi) is 7.70. The van der Waals surface area contributed by atoms with Gasteiger partial charge >= 0.3 is 0 Å². The van der Waals surface area contributed by atoms with Crippen molar-refractivity contribution in [3.63, 3.8) is 0 Å². The van der Waals surface area contributed by atoms with Gasteiger partial charge in [0.05, 0.1) is 0 Å². The molecule has 0 spiro atoms. The second-order valence-electron chi connectivity index (χ2n) is 16.7. The van der Waals surface area contributed by atoms with Gasteiger partial charge in [-0.2, -0.15) is 0 Å². The minimum atomic E-state index is 0.853. The Bertz CT molecular complexity index is 3760. The molecule has 1 aromatic heterocycles. The van der Waals surface area contributed by atoms with Gasteiger partial charge in [0.2, 0.25) is 0 Å². The molecular formula is C60H38N2. The first-order valence-electron chi connectivity index (χ1n) is 21.5. The fraction of sp³-hybridized carbons (Fsp3) is 0.0167. The van der Waals surface area contributed by atoms with Crippen molar-refractivity contribution < 1.29 is 0 Å². The molecule has 0 atom stereocenters. The van der Waals surface area contributed by atoms with Gasteiger partial charge in [-0.25, -0.2) is 0 Å². The van der Waals surface area contributed by atoms with Crippen LogP contribution in [0.3, 0.4) is 0 Å². The third-order valence-corrected chi connectivity index (χ3v) is 13.4. The summed E-state index contributed by atoms with van der Waals surface area (Å²) < 4.78 is 0. The van der Waals surface area contributed by atoms with Crippen molar-refractivity contribution in [1.82, 2.24) is 10.3 Å². The van der Waals surface area contributed by atoms with Gasteiger partial charge in [-0.05, 0) is 162 Å². The van der Waals surface area contributed by atoms with Crippen LogP contribution in [0.1, 0.15) is 5.56 Å². The van der Waals surface area contributed by atoms with Crippen molar-refractivity contribution in [2.75, 3.05) is 6.54 Å². The summed E-state index contributed by atoms with van der Waals surface area (Å²) >= 11 is 0. The summed E-state index contributed by atoms with van der Waals surface area (Å²) in [7, 11) is 0. The summed E-state index contributed by atoms with van der Waals surface area (Å²) in [5, 5.41) is 18.9. The molecule has 2 heterocycles. The SMILES string of the molecule is C1=CC(c2ccc3ccc4c(-c5ccc(-c6cccc(-c7ccc(-c8ccc9ccc%10c(-c%11ccncc%11)ccc%11ccc8c9c%11%10)cc7)c6)cc5)ccc5ccc2c3c54)=CCN1. The van der Waals surface area contributed by atoms with Crippen molar-refractivity contribution in [3.05, 3.63) is 218 Å². The highest BCUT2D eigenvalue weighted by Gasteiger charge is 2.17. The van der Waals surface area contributed by atoms with Crippen molar-refractivity contribution in [2.45, 2.75) is 0 Å².